The minimum absolute atomic E-state index is 0.568. The predicted molar refractivity (Wildman–Crippen MR) is 85.6 cm³/mol. The third-order valence-corrected chi connectivity index (χ3v) is 3.14. The Bertz CT molecular complexity index is 413. The van der Waals surface area contributed by atoms with Crippen molar-refractivity contribution in [2.75, 3.05) is 44.5 Å². The van der Waals surface area contributed by atoms with Crippen molar-refractivity contribution in [2.45, 2.75) is 39.5 Å². The molecule has 0 radical (unpaired) electrons. The SMILES string of the molecule is CCCc1nc(N)c(C)c(NCCCCOCCOC)n1. The number of nitrogens with two attached hydrogens (primary N) is 1. The van der Waals surface area contributed by atoms with Gasteiger partial charge in [-0.1, -0.05) is 6.92 Å². The fourth-order valence-corrected chi connectivity index (χ4v) is 1.87. The number of unbranched alkanes of at least 4 members (excludes halogenated alkanes) is 1. The van der Waals surface area contributed by atoms with Crippen LogP contribution in [0.2, 0.25) is 0 Å². The summed E-state index contributed by atoms with van der Waals surface area (Å²) >= 11 is 0. The maximum Gasteiger partial charge on any atom is 0.134 e. The monoisotopic (exact) mass is 296 g/mol. The lowest BCUT2D eigenvalue weighted by Gasteiger charge is -2.12. The van der Waals surface area contributed by atoms with Crippen LogP contribution in [0.4, 0.5) is 11.6 Å². The molecule has 0 aromatic carbocycles. The van der Waals surface area contributed by atoms with Crippen LogP contribution < -0.4 is 11.1 Å². The van der Waals surface area contributed by atoms with Crippen LogP contribution in [0.5, 0.6) is 0 Å². The van der Waals surface area contributed by atoms with Gasteiger partial charge in [0.05, 0.1) is 13.2 Å². The second kappa shape index (κ2) is 10.3. The standard InChI is InChI=1S/C15H28N4O2/c1-4-7-13-18-14(16)12(2)15(19-13)17-8-5-6-9-21-11-10-20-3/h4-11H2,1-3H3,(H3,16,17,18,19). The molecule has 6 nitrogen and oxygen atoms in total. The summed E-state index contributed by atoms with van der Waals surface area (Å²) in [6, 6.07) is 0. The van der Waals surface area contributed by atoms with Crippen molar-refractivity contribution in [3.05, 3.63) is 11.4 Å². The number of methoxy groups -OCH3 is 1. The third kappa shape index (κ3) is 6.73. The first-order valence-corrected chi connectivity index (χ1v) is 7.62. The van der Waals surface area contributed by atoms with Gasteiger partial charge in [-0.3, -0.25) is 0 Å². The highest BCUT2D eigenvalue weighted by molar-refractivity contribution is 5.54. The summed E-state index contributed by atoms with van der Waals surface area (Å²) in [5.74, 6) is 2.23. The van der Waals surface area contributed by atoms with E-state index in [1.165, 1.54) is 0 Å². The Kier molecular flexibility index (Phi) is 8.69. The largest absolute Gasteiger partial charge is 0.383 e. The van der Waals surface area contributed by atoms with Crippen LogP contribution in [-0.4, -0.2) is 43.4 Å². The fraction of sp³-hybridized carbons (Fsp3) is 0.733. The minimum Gasteiger partial charge on any atom is -0.383 e. The van der Waals surface area contributed by atoms with Gasteiger partial charge in [0.1, 0.15) is 17.5 Å². The van der Waals surface area contributed by atoms with Gasteiger partial charge >= 0.3 is 0 Å². The van der Waals surface area contributed by atoms with E-state index in [1.54, 1.807) is 7.11 Å². The normalized spacial score (nSPS) is 10.8. The number of aromatic nitrogens is 2. The summed E-state index contributed by atoms with van der Waals surface area (Å²) in [6.07, 6.45) is 3.91. The van der Waals surface area contributed by atoms with E-state index in [4.69, 9.17) is 15.2 Å². The van der Waals surface area contributed by atoms with E-state index in [-0.39, 0.29) is 0 Å². The van der Waals surface area contributed by atoms with Crippen molar-refractivity contribution >= 4 is 11.6 Å². The summed E-state index contributed by atoms with van der Waals surface area (Å²) in [4.78, 5) is 8.84. The van der Waals surface area contributed by atoms with E-state index in [0.29, 0.717) is 19.0 Å². The van der Waals surface area contributed by atoms with Crippen molar-refractivity contribution in [3.8, 4) is 0 Å². The first-order chi connectivity index (χ1) is 10.2. The van der Waals surface area contributed by atoms with Gasteiger partial charge in [-0.15, -0.1) is 0 Å². The number of rotatable bonds is 11. The van der Waals surface area contributed by atoms with Gasteiger partial charge in [0, 0.05) is 32.2 Å². The van der Waals surface area contributed by atoms with Crippen LogP contribution in [0.15, 0.2) is 0 Å². The zero-order valence-electron chi connectivity index (χ0n) is 13.4. The van der Waals surface area contributed by atoms with Crippen molar-refractivity contribution in [3.63, 3.8) is 0 Å². The highest BCUT2D eigenvalue weighted by atomic mass is 16.5. The molecule has 120 valence electrons. The van der Waals surface area contributed by atoms with E-state index in [0.717, 1.165) is 56.0 Å². The molecule has 0 atom stereocenters. The molecule has 0 unspecified atom stereocenters. The van der Waals surface area contributed by atoms with Crippen molar-refractivity contribution < 1.29 is 9.47 Å². The van der Waals surface area contributed by atoms with Gasteiger partial charge in [0.15, 0.2) is 0 Å². The molecule has 3 N–H and O–H groups in total. The number of nitrogens with zero attached hydrogens (tertiary/aromatic N) is 2. The molecule has 0 saturated carbocycles. The summed E-state index contributed by atoms with van der Waals surface area (Å²) in [5.41, 5.74) is 6.85. The van der Waals surface area contributed by atoms with Crippen LogP contribution in [-0.2, 0) is 15.9 Å². The first-order valence-electron chi connectivity index (χ1n) is 7.62. The molecule has 1 aromatic heterocycles. The molecule has 6 heteroatoms. The molecular weight excluding hydrogens is 268 g/mol. The molecule has 0 aliphatic heterocycles. The summed E-state index contributed by atoms with van der Waals surface area (Å²) in [5, 5.41) is 3.34. The Hall–Kier alpha value is -1.40. The fourth-order valence-electron chi connectivity index (χ4n) is 1.87. The molecule has 21 heavy (non-hydrogen) atoms. The molecule has 0 saturated heterocycles. The Morgan fingerprint density at radius 3 is 2.67 bits per heavy atom. The van der Waals surface area contributed by atoms with Crippen LogP contribution >= 0.6 is 0 Å². The van der Waals surface area contributed by atoms with E-state index in [9.17, 15) is 0 Å². The van der Waals surface area contributed by atoms with Gasteiger partial charge in [0.25, 0.3) is 0 Å². The molecular formula is C15H28N4O2. The number of ether oxygens (including phenoxy) is 2. The zero-order chi connectivity index (χ0) is 15.5. The molecule has 1 rings (SSSR count). The molecule has 0 fully saturated rings. The lowest BCUT2D eigenvalue weighted by atomic mass is 10.2. The average molecular weight is 296 g/mol. The van der Waals surface area contributed by atoms with Crippen molar-refractivity contribution in [1.29, 1.82) is 0 Å². The van der Waals surface area contributed by atoms with E-state index in [2.05, 4.69) is 22.2 Å². The second-order valence-corrected chi connectivity index (χ2v) is 4.99. The Labute approximate surface area is 127 Å². The lowest BCUT2D eigenvalue weighted by molar-refractivity contribution is 0.0691. The Morgan fingerprint density at radius 1 is 1.14 bits per heavy atom. The summed E-state index contributed by atoms with van der Waals surface area (Å²) in [6.45, 7) is 6.98. The number of hydrogen-bond donors (Lipinski definition) is 2. The third-order valence-electron chi connectivity index (χ3n) is 3.14. The molecule has 0 spiro atoms. The van der Waals surface area contributed by atoms with Crippen molar-refractivity contribution in [1.82, 2.24) is 9.97 Å². The molecule has 0 aliphatic carbocycles. The molecule has 0 amide bonds. The van der Waals surface area contributed by atoms with Crippen LogP contribution in [0.1, 0.15) is 37.6 Å². The number of hydrogen-bond acceptors (Lipinski definition) is 6. The zero-order valence-corrected chi connectivity index (χ0v) is 13.4. The summed E-state index contributed by atoms with van der Waals surface area (Å²) < 4.78 is 10.3. The Morgan fingerprint density at radius 2 is 1.95 bits per heavy atom. The molecule has 1 heterocycles. The second-order valence-electron chi connectivity index (χ2n) is 4.99. The maximum absolute atomic E-state index is 5.93. The highest BCUT2D eigenvalue weighted by Crippen LogP contribution is 2.17. The smallest absolute Gasteiger partial charge is 0.134 e. The number of anilines is 2. The van der Waals surface area contributed by atoms with E-state index < -0.39 is 0 Å². The number of nitrogen functional groups attached to an aromatic ring is 1. The minimum atomic E-state index is 0.568. The van der Waals surface area contributed by atoms with Crippen molar-refractivity contribution in [2.24, 2.45) is 0 Å². The topological polar surface area (TPSA) is 82.3 Å². The number of nitrogens with one attached hydrogen (secondary N) is 1. The van der Waals surface area contributed by atoms with Gasteiger partial charge in [-0.25, -0.2) is 9.97 Å². The molecule has 0 bridgehead atoms. The quantitative estimate of drug-likeness (QED) is 0.609. The van der Waals surface area contributed by atoms with E-state index >= 15 is 0 Å². The van der Waals surface area contributed by atoms with Gasteiger partial charge < -0.3 is 20.5 Å². The Balaban J connectivity index is 2.31. The predicted octanol–water partition coefficient (Wildman–Crippen LogP) is 2.17. The molecule has 1 aromatic rings. The van der Waals surface area contributed by atoms with E-state index in [1.807, 2.05) is 6.92 Å². The highest BCUT2D eigenvalue weighted by Gasteiger charge is 2.07. The first kappa shape index (κ1) is 17.7. The molecule has 0 aliphatic rings. The van der Waals surface area contributed by atoms with Crippen LogP contribution in [0, 0.1) is 6.92 Å². The van der Waals surface area contributed by atoms with Gasteiger partial charge in [0.2, 0.25) is 0 Å². The maximum atomic E-state index is 5.93. The van der Waals surface area contributed by atoms with Gasteiger partial charge in [-0.2, -0.15) is 0 Å². The van der Waals surface area contributed by atoms with Gasteiger partial charge in [-0.05, 0) is 26.2 Å². The van der Waals surface area contributed by atoms with Crippen LogP contribution in [0.25, 0.3) is 0 Å². The average Bonchev–Trinajstić information content (AvgIpc) is 2.47. The number of aryl methyl sites for hydroxylation is 1. The summed E-state index contributed by atoms with van der Waals surface area (Å²) in [7, 11) is 1.68. The van der Waals surface area contributed by atoms with Crippen LogP contribution in [0.3, 0.4) is 0 Å². The lowest BCUT2D eigenvalue weighted by Crippen LogP contribution is -2.11.